The minimum atomic E-state index is -0.333. The maximum Gasteiger partial charge on any atom is 0.285 e. The number of aromatic nitrogens is 2. The van der Waals surface area contributed by atoms with Gasteiger partial charge in [0.1, 0.15) is 4.83 Å². The summed E-state index contributed by atoms with van der Waals surface area (Å²) in [6, 6.07) is 1.89. The molecule has 1 fully saturated rings. The number of hydrogen-bond acceptors (Lipinski definition) is 5. The second-order valence-electron chi connectivity index (χ2n) is 5.84. The van der Waals surface area contributed by atoms with Crippen molar-refractivity contribution >= 4 is 27.5 Å². The van der Waals surface area contributed by atoms with Crippen molar-refractivity contribution in [1.82, 2.24) is 15.3 Å². The van der Waals surface area contributed by atoms with Crippen LogP contribution < -0.4 is 5.48 Å². The van der Waals surface area contributed by atoms with Gasteiger partial charge in [0, 0.05) is 25.5 Å². The lowest BCUT2D eigenvalue weighted by atomic mass is 10.1. The molecule has 1 aliphatic rings. The fourth-order valence-electron chi connectivity index (χ4n) is 2.58. The molecule has 3 rings (SSSR count). The topological polar surface area (TPSA) is 65.4 Å². The van der Waals surface area contributed by atoms with E-state index in [4.69, 9.17) is 9.57 Å². The van der Waals surface area contributed by atoms with Gasteiger partial charge in [-0.15, -0.1) is 11.3 Å². The molecule has 1 atom stereocenters. The first-order chi connectivity index (χ1) is 10.6. The van der Waals surface area contributed by atoms with Crippen LogP contribution in [0.3, 0.4) is 0 Å². The average molecular weight is 323 g/mol. The van der Waals surface area contributed by atoms with Crippen LogP contribution in [0.4, 0.5) is 0 Å². The lowest BCUT2D eigenvalue weighted by Crippen LogP contribution is -2.32. The highest BCUT2D eigenvalue weighted by molar-refractivity contribution is 7.20. The zero-order valence-electron chi connectivity index (χ0n) is 13.1. The highest BCUT2D eigenvalue weighted by Crippen LogP contribution is 2.31. The van der Waals surface area contributed by atoms with Gasteiger partial charge in [-0.3, -0.25) is 9.48 Å². The number of carbonyl (C=O) groups excluding carboxylic acids is 1. The van der Waals surface area contributed by atoms with E-state index in [0.29, 0.717) is 17.4 Å². The maximum absolute atomic E-state index is 12.2. The van der Waals surface area contributed by atoms with E-state index in [9.17, 15) is 4.79 Å². The summed E-state index contributed by atoms with van der Waals surface area (Å²) in [7, 11) is 1.90. The van der Waals surface area contributed by atoms with Gasteiger partial charge in [0.15, 0.2) is 6.29 Å². The van der Waals surface area contributed by atoms with E-state index in [1.54, 1.807) is 0 Å². The van der Waals surface area contributed by atoms with Crippen LogP contribution in [0.2, 0.25) is 0 Å². The number of hydrogen-bond donors (Lipinski definition) is 1. The number of thiophene rings is 1. The van der Waals surface area contributed by atoms with Crippen LogP contribution in [-0.4, -0.2) is 28.6 Å². The highest BCUT2D eigenvalue weighted by atomic mass is 32.1. The van der Waals surface area contributed by atoms with E-state index in [1.165, 1.54) is 11.3 Å². The fraction of sp³-hybridized carbons (Fsp3) is 0.600. The molecule has 3 heterocycles. The van der Waals surface area contributed by atoms with Gasteiger partial charge in [0.05, 0.1) is 10.6 Å². The van der Waals surface area contributed by atoms with Crippen molar-refractivity contribution < 1.29 is 14.4 Å². The van der Waals surface area contributed by atoms with Gasteiger partial charge in [-0.25, -0.2) is 10.3 Å². The summed E-state index contributed by atoms with van der Waals surface area (Å²) in [4.78, 5) is 19.2. The first kappa shape index (κ1) is 15.5. The summed E-state index contributed by atoms with van der Waals surface area (Å²) in [5, 5.41) is 5.56. The van der Waals surface area contributed by atoms with Crippen LogP contribution >= 0.6 is 11.3 Å². The molecule has 0 saturated carbocycles. The third kappa shape index (κ3) is 3.02. The number of rotatable bonds is 4. The Hall–Kier alpha value is -1.44. The predicted octanol–water partition coefficient (Wildman–Crippen LogP) is 2.95. The van der Waals surface area contributed by atoms with Crippen LogP contribution in [-0.2, 0) is 16.6 Å². The van der Waals surface area contributed by atoms with Gasteiger partial charge in [-0.2, -0.15) is 5.10 Å². The average Bonchev–Trinajstić information content (AvgIpc) is 3.07. The number of aryl methyl sites for hydroxylation is 1. The van der Waals surface area contributed by atoms with Crippen molar-refractivity contribution in [3.8, 4) is 0 Å². The Morgan fingerprint density at radius 3 is 3.05 bits per heavy atom. The predicted molar refractivity (Wildman–Crippen MR) is 84.8 cm³/mol. The number of nitrogens with one attached hydrogen (secondary N) is 1. The van der Waals surface area contributed by atoms with Crippen molar-refractivity contribution in [2.45, 2.75) is 45.3 Å². The molecule has 1 saturated heterocycles. The lowest BCUT2D eigenvalue weighted by molar-refractivity contribution is -0.186. The third-order valence-corrected chi connectivity index (χ3v) is 4.93. The first-order valence-electron chi connectivity index (χ1n) is 7.60. The molecule has 1 unspecified atom stereocenters. The number of ether oxygens (including phenoxy) is 1. The van der Waals surface area contributed by atoms with E-state index in [0.717, 1.165) is 35.2 Å². The number of nitrogens with zero attached hydrogens (tertiary/aromatic N) is 2. The molecule has 0 bridgehead atoms. The Bertz CT molecular complexity index is 671. The minimum absolute atomic E-state index is 0.231. The van der Waals surface area contributed by atoms with Gasteiger partial charge in [-0.05, 0) is 24.8 Å². The summed E-state index contributed by atoms with van der Waals surface area (Å²) < 4.78 is 7.26. The van der Waals surface area contributed by atoms with E-state index < -0.39 is 0 Å². The van der Waals surface area contributed by atoms with Crippen LogP contribution in [0.25, 0.3) is 10.2 Å². The second kappa shape index (κ2) is 6.36. The van der Waals surface area contributed by atoms with Crippen LogP contribution in [0.1, 0.15) is 54.4 Å². The van der Waals surface area contributed by atoms with Crippen molar-refractivity contribution in [1.29, 1.82) is 0 Å². The molecule has 6 nitrogen and oxygen atoms in total. The largest absolute Gasteiger partial charge is 0.350 e. The van der Waals surface area contributed by atoms with E-state index in [2.05, 4.69) is 24.4 Å². The molecule has 0 spiro atoms. The maximum atomic E-state index is 12.2. The third-order valence-electron chi connectivity index (χ3n) is 3.73. The molecule has 1 aliphatic heterocycles. The zero-order valence-corrected chi connectivity index (χ0v) is 13.9. The van der Waals surface area contributed by atoms with Gasteiger partial charge < -0.3 is 4.74 Å². The van der Waals surface area contributed by atoms with Gasteiger partial charge in [0.25, 0.3) is 5.91 Å². The minimum Gasteiger partial charge on any atom is -0.350 e. The summed E-state index contributed by atoms with van der Waals surface area (Å²) in [5.74, 6) is 0.0891. The fourth-order valence-corrected chi connectivity index (χ4v) is 3.54. The second-order valence-corrected chi connectivity index (χ2v) is 6.87. The molecular weight excluding hydrogens is 302 g/mol. The molecule has 120 valence electrons. The van der Waals surface area contributed by atoms with Crippen LogP contribution in [0.5, 0.6) is 0 Å². The molecule has 0 radical (unpaired) electrons. The number of fused-ring (bicyclic) bond motifs is 1. The number of carbonyl (C=O) groups is 1. The Kier molecular flexibility index (Phi) is 4.46. The number of amides is 1. The molecule has 2 aromatic heterocycles. The first-order valence-corrected chi connectivity index (χ1v) is 8.42. The van der Waals surface area contributed by atoms with Gasteiger partial charge >= 0.3 is 0 Å². The Morgan fingerprint density at radius 2 is 2.36 bits per heavy atom. The van der Waals surface area contributed by atoms with E-state index >= 15 is 0 Å². The van der Waals surface area contributed by atoms with Crippen molar-refractivity contribution in [3.05, 3.63) is 16.6 Å². The Labute approximate surface area is 133 Å². The van der Waals surface area contributed by atoms with E-state index in [1.807, 2.05) is 17.8 Å². The Morgan fingerprint density at radius 1 is 1.55 bits per heavy atom. The molecule has 2 aromatic rings. The summed E-state index contributed by atoms with van der Waals surface area (Å²) in [6.07, 6.45) is 2.59. The zero-order chi connectivity index (χ0) is 15.7. The normalized spacial score (nSPS) is 19.0. The monoisotopic (exact) mass is 323 g/mol. The van der Waals surface area contributed by atoms with Crippen LogP contribution in [0.15, 0.2) is 6.07 Å². The molecule has 0 aromatic carbocycles. The Balaban J connectivity index is 1.72. The lowest BCUT2D eigenvalue weighted by Gasteiger charge is -2.21. The molecule has 22 heavy (non-hydrogen) atoms. The molecule has 0 aliphatic carbocycles. The molecule has 1 amide bonds. The standard InChI is InChI=1S/C15H21N3O3S/c1-9(2)13-10-8-11(22-15(10)18(3)16-13)14(19)17-21-12-6-4-5-7-20-12/h8-9,12H,4-7H2,1-3H3,(H,17,19). The summed E-state index contributed by atoms with van der Waals surface area (Å²) >= 11 is 1.42. The summed E-state index contributed by atoms with van der Waals surface area (Å²) in [5.41, 5.74) is 3.52. The van der Waals surface area contributed by atoms with Gasteiger partial charge in [0.2, 0.25) is 0 Å². The molecule has 7 heteroatoms. The van der Waals surface area contributed by atoms with Crippen LogP contribution in [0, 0.1) is 0 Å². The number of hydroxylamine groups is 1. The van der Waals surface area contributed by atoms with Crippen molar-refractivity contribution in [2.75, 3.05) is 6.61 Å². The van der Waals surface area contributed by atoms with Crippen molar-refractivity contribution in [3.63, 3.8) is 0 Å². The van der Waals surface area contributed by atoms with E-state index in [-0.39, 0.29) is 12.2 Å². The summed E-state index contributed by atoms with van der Waals surface area (Å²) in [6.45, 7) is 4.89. The molecule has 1 N–H and O–H groups in total. The SMILES string of the molecule is CC(C)c1nn(C)c2sc(C(=O)NOC3CCCCO3)cc12. The smallest absolute Gasteiger partial charge is 0.285 e. The highest BCUT2D eigenvalue weighted by Gasteiger charge is 2.20. The van der Waals surface area contributed by atoms with Crippen molar-refractivity contribution in [2.24, 2.45) is 7.05 Å². The molecular formula is C15H21N3O3S. The van der Waals surface area contributed by atoms with Gasteiger partial charge in [-0.1, -0.05) is 13.8 Å². The quantitative estimate of drug-likeness (QED) is 0.879.